The van der Waals surface area contributed by atoms with E-state index in [1.165, 1.54) is 0 Å². The number of carbonyl (C=O) groups is 1. The molecule has 11 heavy (non-hydrogen) atoms. The molecule has 1 aromatic heterocycles. The van der Waals surface area contributed by atoms with Crippen molar-refractivity contribution in [2.75, 3.05) is 0 Å². The van der Waals surface area contributed by atoms with Crippen LogP contribution in [-0.2, 0) is 5.33 Å². The number of alkyl halides is 1. The summed E-state index contributed by atoms with van der Waals surface area (Å²) in [7, 11) is 0. The third kappa shape index (κ3) is 2.01. The summed E-state index contributed by atoms with van der Waals surface area (Å²) in [5.41, 5.74) is 6.36. The van der Waals surface area contributed by atoms with Gasteiger partial charge in [0.05, 0.1) is 5.69 Å². The minimum Gasteiger partial charge on any atom is -0.366 e. The fourth-order valence-corrected chi connectivity index (χ4v) is 1.01. The Balaban J connectivity index is 3.01. The second kappa shape index (κ2) is 3.48. The van der Waals surface area contributed by atoms with Crippen molar-refractivity contribution in [3.63, 3.8) is 0 Å². The van der Waals surface area contributed by atoms with Gasteiger partial charge in [0.2, 0.25) is 5.91 Å². The van der Waals surface area contributed by atoms with Crippen molar-refractivity contribution in [2.24, 2.45) is 5.73 Å². The highest BCUT2D eigenvalue weighted by Crippen LogP contribution is 2.04. The van der Waals surface area contributed by atoms with Crippen LogP contribution < -0.4 is 5.73 Å². The molecule has 0 radical (unpaired) electrons. The minimum absolute atomic E-state index is 0.422. The van der Waals surface area contributed by atoms with Gasteiger partial charge in [0, 0.05) is 17.1 Å². The molecule has 0 aliphatic heterocycles. The number of rotatable bonds is 2. The molecule has 4 heteroatoms. The van der Waals surface area contributed by atoms with Crippen LogP contribution in [0.3, 0.4) is 0 Å². The van der Waals surface area contributed by atoms with Gasteiger partial charge in [0.15, 0.2) is 0 Å². The van der Waals surface area contributed by atoms with Gasteiger partial charge in [-0.05, 0) is 12.1 Å². The van der Waals surface area contributed by atoms with Crippen LogP contribution in [0.5, 0.6) is 0 Å². The maximum atomic E-state index is 10.6. The Labute approximate surface area is 72.7 Å². The van der Waals surface area contributed by atoms with Crippen molar-refractivity contribution in [3.8, 4) is 0 Å². The summed E-state index contributed by atoms with van der Waals surface area (Å²) in [4.78, 5) is 14.6. The maximum Gasteiger partial charge on any atom is 0.248 e. The number of halogens is 1. The summed E-state index contributed by atoms with van der Waals surface area (Å²) in [6.07, 6.45) is 1.57. The van der Waals surface area contributed by atoms with Gasteiger partial charge in [-0.3, -0.25) is 9.78 Å². The molecule has 0 atom stereocenters. The molecule has 2 N–H and O–H groups in total. The van der Waals surface area contributed by atoms with Crippen LogP contribution in [0.2, 0.25) is 0 Å². The summed E-state index contributed by atoms with van der Waals surface area (Å²) in [5, 5.41) is 0.633. The van der Waals surface area contributed by atoms with Crippen molar-refractivity contribution in [1.82, 2.24) is 4.98 Å². The van der Waals surface area contributed by atoms with E-state index in [4.69, 9.17) is 5.73 Å². The molecule has 0 saturated heterocycles. The number of hydrogen-bond donors (Lipinski definition) is 1. The first kappa shape index (κ1) is 8.20. The minimum atomic E-state index is -0.422. The number of nitrogens with two attached hydrogens (primary N) is 1. The van der Waals surface area contributed by atoms with E-state index in [1.807, 2.05) is 0 Å². The van der Waals surface area contributed by atoms with Crippen molar-refractivity contribution in [1.29, 1.82) is 0 Å². The molecule has 1 rings (SSSR count). The Morgan fingerprint density at radius 3 is 3.00 bits per heavy atom. The van der Waals surface area contributed by atoms with Crippen molar-refractivity contribution in [2.45, 2.75) is 5.33 Å². The first-order valence-corrected chi connectivity index (χ1v) is 4.17. The molecule has 0 aromatic carbocycles. The van der Waals surface area contributed by atoms with Gasteiger partial charge in [-0.25, -0.2) is 0 Å². The maximum absolute atomic E-state index is 10.6. The summed E-state index contributed by atoms with van der Waals surface area (Å²) in [6.45, 7) is 0. The summed E-state index contributed by atoms with van der Waals surface area (Å²) < 4.78 is 0. The number of nitrogens with zero attached hydrogens (tertiary/aromatic N) is 1. The Kier molecular flexibility index (Phi) is 2.59. The van der Waals surface area contributed by atoms with E-state index in [0.717, 1.165) is 5.69 Å². The zero-order chi connectivity index (χ0) is 8.27. The number of aromatic nitrogens is 1. The highest BCUT2D eigenvalue weighted by Gasteiger charge is 2.00. The first-order chi connectivity index (χ1) is 5.24. The third-order valence-corrected chi connectivity index (χ3v) is 1.81. The number of pyridine rings is 1. The van der Waals surface area contributed by atoms with Crippen LogP contribution in [0, 0.1) is 0 Å². The number of amides is 1. The molecule has 58 valence electrons. The van der Waals surface area contributed by atoms with Gasteiger partial charge in [-0.15, -0.1) is 0 Å². The lowest BCUT2D eigenvalue weighted by Gasteiger charge is -1.96. The van der Waals surface area contributed by atoms with Gasteiger partial charge in [0.1, 0.15) is 0 Å². The highest BCUT2D eigenvalue weighted by atomic mass is 79.9. The normalized spacial score (nSPS) is 9.55. The molecule has 0 unspecified atom stereocenters. The SMILES string of the molecule is NC(=O)c1ccnc(CBr)c1. The average molecular weight is 215 g/mol. The largest absolute Gasteiger partial charge is 0.366 e. The Morgan fingerprint density at radius 1 is 1.73 bits per heavy atom. The van der Waals surface area contributed by atoms with Crippen LogP contribution in [0.25, 0.3) is 0 Å². The van der Waals surface area contributed by atoms with Crippen LogP contribution in [-0.4, -0.2) is 10.9 Å². The molecule has 1 amide bonds. The van der Waals surface area contributed by atoms with Crippen molar-refractivity contribution < 1.29 is 4.79 Å². The van der Waals surface area contributed by atoms with E-state index < -0.39 is 5.91 Å². The Morgan fingerprint density at radius 2 is 2.45 bits per heavy atom. The van der Waals surface area contributed by atoms with Crippen LogP contribution in [0.1, 0.15) is 16.1 Å². The van der Waals surface area contributed by atoms with Gasteiger partial charge < -0.3 is 5.73 Å². The molecule has 1 heterocycles. The summed E-state index contributed by atoms with van der Waals surface area (Å²) in [5.74, 6) is -0.422. The zero-order valence-electron chi connectivity index (χ0n) is 5.75. The zero-order valence-corrected chi connectivity index (χ0v) is 7.34. The lowest BCUT2D eigenvalue weighted by Crippen LogP contribution is -2.11. The molecule has 0 aliphatic carbocycles. The number of carbonyl (C=O) groups excluding carboxylic acids is 1. The predicted molar refractivity (Wildman–Crippen MR) is 45.4 cm³/mol. The van der Waals surface area contributed by atoms with Crippen molar-refractivity contribution in [3.05, 3.63) is 29.6 Å². The second-order valence-corrected chi connectivity index (χ2v) is 2.59. The van der Waals surface area contributed by atoms with E-state index in [9.17, 15) is 4.79 Å². The van der Waals surface area contributed by atoms with E-state index in [0.29, 0.717) is 10.9 Å². The fraction of sp³-hybridized carbons (Fsp3) is 0.143. The topological polar surface area (TPSA) is 56.0 Å². The van der Waals surface area contributed by atoms with Crippen LogP contribution >= 0.6 is 15.9 Å². The fourth-order valence-electron chi connectivity index (χ4n) is 0.705. The van der Waals surface area contributed by atoms with Gasteiger partial charge in [-0.1, -0.05) is 15.9 Å². The molecular weight excluding hydrogens is 208 g/mol. The molecule has 0 fully saturated rings. The van der Waals surface area contributed by atoms with Gasteiger partial charge in [0.25, 0.3) is 0 Å². The lowest BCUT2D eigenvalue weighted by molar-refractivity contribution is 0.1000. The average Bonchev–Trinajstić information content (AvgIpc) is 2.05. The van der Waals surface area contributed by atoms with E-state index in [2.05, 4.69) is 20.9 Å². The lowest BCUT2D eigenvalue weighted by atomic mass is 10.2. The van der Waals surface area contributed by atoms with E-state index in [-0.39, 0.29) is 0 Å². The highest BCUT2D eigenvalue weighted by molar-refractivity contribution is 9.08. The first-order valence-electron chi connectivity index (χ1n) is 3.04. The molecule has 0 aliphatic rings. The van der Waals surface area contributed by atoms with Crippen LogP contribution in [0.4, 0.5) is 0 Å². The number of hydrogen-bond acceptors (Lipinski definition) is 2. The molecule has 3 nitrogen and oxygen atoms in total. The van der Waals surface area contributed by atoms with E-state index >= 15 is 0 Å². The molecular formula is C7H7BrN2O. The summed E-state index contributed by atoms with van der Waals surface area (Å²) >= 11 is 3.23. The quantitative estimate of drug-likeness (QED) is 0.750. The third-order valence-electron chi connectivity index (χ3n) is 1.24. The van der Waals surface area contributed by atoms with E-state index in [1.54, 1.807) is 18.3 Å². The monoisotopic (exact) mass is 214 g/mol. The molecule has 0 bridgehead atoms. The standard InChI is InChI=1S/C7H7BrN2O/c8-4-6-3-5(7(9)11)1-2-10-6/h1-3H,4H2,(H2,9,11). The number of primary amides is 1. The second-order valence-electron chi connectivity index (χ2n) is 2.03. The Hall–Kier alpha value is -0.900. The smallest absolute Gasteiger partial charge is 0.248 e. The predicted octanol–water partition coefficient (Wildman–Crippen LogP) is 1.08. The summed E-state index contributed by atoms with van der Waals surface area (Å²) in [6, 6.07) is 3.26. The van der Waals surface area contributed by atoms with Gasteiger partial charge in [-0.2, -0.15) is 0 Å². The Bertz CT molecular complexity index is 275. The van der Waals surface area contributed by atoms with Crippen LogP contribution in [0.15, 0.2) is 18.3 Å². The van der Waals surface area contributed by atoms with Crippen molar-refractivity contribution >= 4 is 21.8 Å². The van der Waals surface area contributed by atoms with Gasteiger partial charge >= 0.3 is 0 Å². The molecule has 0 saturated carbocycles. The molecule has 1 aromatic rings. The molecule has 0 spiro atoms.